The van der Waals surface area contributed by atoms with Crippen molar-refractivity contribution in [2.45, 2.75) is 44.3 Å². The summed E-state index contributed by atoms with van der Waals surface area (Å²) in [4.78, 5) is 25.3. The van der Waals surface area contributed by atoms with Crippen molar-refractivity contribution in [3.8, 4) is 11.4 Å². The highest BCUT2D eigenvalue weighted by Gasteiger charge is 2.34. The molecule has 31 heavy (non-hydrogen) atoms. The monoisotopic (exact) mass is 424 g/mol. The molecular weight excluding hydrogens is 399 g/mol. The maximum Gasteiger partial charge on any atom is 0.303 e. The van der Waals surface area contributed by atoms with Crippen LogP contribution in [0, 0.1) is 11.7 Å². The number of piperidine rings is 1. The van der Waals surface area contributed by atoms with Gasteiger partial charge in [-0.3, -0.25) is 4.79 Å². The predicted molar refractivity (Wildman–Crippen MR) is 114 cm³/mol. The Morgan fingerprint density at radius 2 is 2.00 bits per heavy atom. The molecule has 162 valence electrons. The maximum absolute atomic E-state index is 13.4. The number of nitrogens with zero attached hydrogens (tertiary/aromatic N) is 3. The van der Waals surface area contributed by atoms with Gasteiger partial charge in [-0.1, -0.05) is 0 Å². The molecule has 2 aliphatic rings. The summed E-state index contributed by atoms with van der Waals surface area (Å²) >= 11 is 0. The van der Waals surface area contributed by atoms with E-state index in [9.17, 15) is 9.18 Å². The second kappa shape index (κ2) is 8.26. The van der Waals surface area contributed by atoms with Crippen LogP contribution in [-0.4, -0.2) is 51.3 Å². The van der Waals surface area contributed by atoms with Crippen LogP contribution < -0.4 is 4.90 Å². The lowest BCUT2D eigenvalue weighted by molar-refractivity contribution is -0.141. The number of aliphatic carboxylic acids is 1. The van der Waals surface area contributed by atoms with Gasteiger partial charge in [0.1, 0.15) is 17.5 Å². The fraction of sp³-hybridized carbons (Fsp3) is 0.435. The van der Waals surface area contributed by atoms with Gasteiger partial charge in [0.25, 0.3) is 0 Å². The number of rotatable bonds is 6. The Morgan fingerprint density at radius 3 is 2.71 bits per heavy atom. The Labute approximate surface area is 179 Å². The number of carbonyl (C=O) groups is 1. The van der Waals surface area contributed by atoms with E-state index in [1.807, 2.05) is 12.1 Å². The second-order valence-electron chi connectivity index (χ2n) is 8.53. The Hall–Kier alpha value is -3.00. The van der Waals surface area contributed by atoms with Gasteiger partial charge >= 0.3 is 5.97 Å². The number of aromatic amines is 1. The fourth-order valence-corrected chi connectivity index (χ4v) is 4.52. The molecule has 0 unspecified atom stereocenters. The first-order chi connectivity index (χ1) is 15.0. The Bertz CT molecular complexity index is 1070. The molecule has 7 nitrogen and oxygen atoms in total. The normalized spacial score (nSPS) is 21.9. The highest BCUT2D eigenvalue weighted by molar-refractivity contribution is 5.79. The number of pyridine rings is 1. The molecule has 1 aliphatic carbocycles. The average Bonchev–Trinajstić information content (AvgIpc) is 3.16. The minimum atomic E-state index is -0.718. The van der Waals surface area contributed by atoms with Crippen molar-refractivity contribution in [3.63, 3.8) is 0 Å². The molecule has 1 aromatic carbocycles. The summed E-state index contributed by atoms with van der Waals surface area (Å²) in [6.07, 6.45) is 6.12. The van der Waals surface area contributed by atoms with Crippen molar-refractivity contribution in [1.29, 1.82) is 0 Å². The van der Waals surface area contributed by atoms with Crippen LogP contribution in [0.15, 0.2) is 36.5 Å². The number of hydrogen-bond donors (Lipinski definition) is 2. The summed E-state index contributed by atoms with van der Waals surface area (Å²) in [5.74, 6) is 0.854. The van der Waals surface area contributed by atoms with Crippen molar-refractivity contribution in [1.82, 2.24) is 15.0 Å². The first-order valence-corrected chi connectivity index (χ1v) is 10.8. The smallest absolute Gasteiger partial charge is 0.303 e. The number of imidazole rings is 1. The number of aromatic nitrogens is 3. The number of hydrogen-bond acceptors (Lipinski definition) is 5. The highest BCUT2D eigenvalue weighted by atomic mass is 19.1. The molecule has 1 saturated carbocycles. The molecule has 0 bridgehead atoms. The van der Waals surface area contributed by atoms with Crippen molar-refractivity contribution in [2.24, 2.45) is 5.92 Å². The third-order valence-corrected chi connectivity index (χ3v) is 6.27. The standard InChI is InChI=1S/C23H25FN4O3/c24-16-2-3-19-20(12-16)27-23(26-19)15-1-4-21(25-13-15)28-7-5-17(6-8-28)31-18-9-14(10-18)11-22(29)30/h1-4,12-14,17-18H,5-11H2,(H,26,27)(H,29,30). The Balaban J connectivity index is 1.14. The van der Waals surface area contributed by atoms with E-state index in [0.29, 0.717) is 11.3 Å². The van der Waals surface area contributed by atoms with Crippen LogP contribution in [-0.2, 0) is 9.53 Å². The van der Waals surface area contributed by atoms with E-state index in [-0.39, 0.29) is 30.4 Å². The summed E-state index contributed by atoms with van der Waals surface area (Å²) in [5, 5.41) is 8.85. The van der Waals surface area contributed by atoms with Crippen molar-refractivity contribution >= 4 is 22.8 Å². The summed E-state index contributed by atoms with van der Waals surface area (Å²) in [7, 11) is 0. The molecule has 0 atom stereocenters. The molecule has 3 aromatic rings. The van der Waals surface area contributed by atoms with Gasteiger partial charge in [0.15, 0.2) is 0 Å². The molecule has 0 spiro atoms. The van der Waals surface area contributed by atoms with Gasteiger partial charge < -0.3 is 19.7 Å². The molecule has 0 amide bonds. The number of halogens is 1. The van der Waals surface area contributed by atoms with E-state index in [2.05, 4.69) is 19.9 Å². The predicted octanol–water partition coefficient (Wildman–Crippen LogP) is 4.00. The first-order valence-electron chi connectivity index (χ1n) is 10.8. The van der Waals surface area contributed by atoms with Gasteiger partial charge in [-0.15, -0.1) is 0 Å². The number of carboxylic acids is 1. The van der Waals surface area contributed by atoms with E-state index in [4.69, 9.17) is 9.84 Å². The third-order valence-electron chi connectivity index (χ3n) is 6.27. The molecule has 8 heteroatoms. The van der Waals surface area contributed by atoms with E-state index in [1.54, 1.807) is 12.3 Å². The molecule has 3 heterocycles. The molecule has 2 aromatic heterocycles. The van der Waals surface area contributed by atoms with Crippen molar-refractivity contribution in [3.05, 3.63) is 42.3 Å². The van der Waals surface area contributed by atoms with Crippen LogP contribution in [0.1, 0.15) is 32.1 Å². The van der Waals surface area contributed by atoms with E-state index >= 15 is 0 Å². The zero-order valence-electron chi connectivity index (χ0n) is 17.1. The Morgan fingerprint density at radius 1 is 1.19 bits per heavy atom. The molecule has 2 N–H and O–H groups in total. The van der Waals surface area contributed by atoms with Crippen LogP contribution in [0.25, 0.3) is 22.4 Å². The zero-order valence-corrected chi connectivity index (χ0v) is 17.1. The quantitative estimate of drug-likeness (QED) is 0.622. The minimum absolute atomic E-state index is 0.218. The van der Waals surface area contributed by atoms with Gasteiger partial charge in [0, 0.05) is 37.3 Å². The highest BCUT2D eigenvalue weighted by Crippen LogP contribution is 2.35. The fourth-order valence-electron chi connectivity index (χ4n) is 4.52. The van der Waals surface area contributed by atoms with E-state index in [1.165, 1.54) is 12.1 Å². The molecular formula is C23H25FN4O3. The second-order valence-corrected chi connectivity index (χ2v) is 8.53. The summed E-state index contributed by atoms with van der Waals surface area (Å²) in [5.41, 5.74) is 2.25. The average molecular weight is 424 g/mol. The van der Waals surface area contributed by atoms with Crippen molar-refractivity contribution < 1.29 is 19.0 Å². The molecule has 2 fully saturated rings. The lowest BCUT2D eigenvalue weighted by atomic mass is 9.80. The van der Waals surface area contributed by atoms with Crippen LogP contribution in [0.5, 0.6) is 0 Å². The van der Waals surface area contributed by atoms with E-state index < -0.39 is 5.97 Å². The van der Waals surface area contributed by atoms with Crippen LogP contribution in [0.2, 0.25) is 0 Å². The number of benzene rings is 1. The van der Waals surface area contributed by atoms with E-state index in [0.717, 1.165) is 55.7 Å². The summed E-state index contributed by atoms with van der Waals surface area (Å²) < 4.78 is 19.5. The van der Waals surface area contributed by atoms with Gasteiger partial charge in [0.2, 0.25) is 0 Å². The van der Waals surface area contributed by atoms with Crippen LogP contribution in [0.3, 0.4) is 0 Å². The Kier molecular flexibility index (Phi) is 5.31. The number of carboxylic acid groups (broad SMARTS) is 1. The molecule has 1 saturated heterocycles. The molecule has 5 rings (SSSR count). The number of ether oxygens (including phenoxy) is 1. The number of anilines is 1. The number of nitrogens with one attached hydrogen (secondary N) is 1. The van der Waals surface area contributed by atoms with Crippen LogP contribution >= 0.6 is 0 Å². The summed E-state index contributed by atoms with van der Waals surface area (Å²) in [6.45, 7) is 1.76. The van der Waals surface area contributed by atoms with Gasteiger partial charge in [-0.05, 0) is 55.9 Å². The third kappa shape index (κ3) is 4.39. The SMILES string of the molecule is O=C(O)CC1CC(OC2CCN(c3ccc(-c4nc5cc(F)ccc5[nH]4)cn3)CC2)C1. The minimum Gasteiger partial charge on any atom is -0.481 e. The topological polar surface area (TPSA) is 91.3 Å². The van der Waals surface area contributed by atoms with Crippen LogP contribution in [0.4, 0.5) is 10.2 Å². The lowest BCUT2D eigenvalue weighted by Crippen LogP contribution is -2.42. The van der Waals surface area contributed by atoms with Gasteiger partial charge in [-0.2, -0.15) is 0 Å². The molecule has 0 radical (unpaired) electrons. The van der Waals surface area contributed by atoms with Crippen molar-refractivity contribution in [2.75, 3.05) is 18.0 Å². The van der Waals surface area contributed by atoms with Gasteiger partial charge in [0.05, 0.1) is 23.2 Å². The first kappa shape index (κ1) is 19.9. The van der Waals surface area contributed by atoms with Gasteiger partial charge in [-0.25, -0.2) is 14.4 Å². The summed E-state index contributed by atoms with van der Waals surface area (Å²) in [6, 6.07) is 8.49. The number of fused-ring (bicyclic) bond motifs is 1. The maximum atomic E-state index is 13.4. The zero-order chi connectivity index (χ0) is 21.4. The lowest BCUT2D eigenvalue weighted by Gasteiger charge is -2.40. The largest absolute Gasteiger partial charge is 0.481 e. The number of H-pyrrole nitrogens is 1. The molecule has 1 aliphatic heterocycles.